The van der Waals surface area contributed by atoms with Crippen LogP contribution in [-0.4, -0.2) is 38.7 Å². The van der Waals surface area contributed by atoms with E-state index in [0.29, 0.717) is 29.7 Å². The molecule has 0 saturated carbocycles. The third-order valence-electron chi connectivity index (χ3n) is 5.34. The van der Waals surface area contributed by atoms with E-state index in [2.05, 4.69) is 34.6 Å². The fourth-order valence-electron chi connectivity index (χ4n) is 3.92. The predicted molar refractivity (Wildman–Crippen MR) is 114 cm³/mol. The number of rotatable bonds is 6. The Hall–Kier alpha value is -2.74. The second kappa shape index (κ2) is 9.38. The van der Waals surface area contributed by atoms with Crippen molar-refractivity contribution in [3.63, 3.8) is 0 Å². The Bertz CT molecular complexity index is 908. The summed E-state index contributed by atoms with van der Waals surface area (Å²) in [6.07, 6.45) is 1.27. The van der Waals surface area contributed by atoms with Crippen molar-refractivity contribution in [2.75, 3.05) is 5.32 Å². The van der Waals surface area contributed by atoms with Gasteiger partial charge in [-0.1, -0.05) is 32.0 Å². The molecule has 3 atom stereocenters. The molecule has 0 bridgehead atoms. The minimum atomic E-state index is -0.213. The van der Waals surface area contributed by atoms with Crippen LogP contribution in [0.25, 0.3) is 0 Å². The zero-order chi connectivity index (χ0) is 21.8. The molecule has 1 aliphatic rings. The van der Waals surface area contributed by atoms with Gasteiger partial charge in [-0.25, -0.2) is 9.67 Å². The van der Waals surface area contributed by atoms with Crippen LogP contribution in [-0.2, 0) is 20.9 Å². The number of anilines is 1. The number of hydrogen-bond donors (Lipinski definition) is 2. The number of carbonyl (C=O) groups excluding carboxylic acids is 2. The quantitative estimate of drug-likeness (QED) is 0.759. The van der Waals surface area contributed by atoms with Crippen LogP contribution < -0.4 is 10.6 Å². The normalized spacial score (nSPS) is 21.5. The van der Waals surface area contributed by atoms with Gasteiger partial charge in [0.05, 0.1) is 12.2 Å². The maximum Gasteiger partial charge on any atom is 0.246 e. The lowest BCUT2D eigenvalue weighted by atomic mass is 9.89. The molecule has 3 rings (SSSR count). The smallest absolute Gasteiger partial charge is 0.246 e. The van der Waals surface area contributed by atoms with Crippen molar-refractivity contribution in [1.82, 2.24) is 20.1 Å². The molecule has 2 aromatic rings. The van der Waals surface area contributed by atoms with Gasteiger partial charge in [-0.05, 0) is 38.7 Å². The van der Waals surface area contributed by atoms with Crippen LogP contribution in [0.15, 0.2) is 24.3 Å². The Labute approximate surface area is 177 Å². The van der Waals surface area contributed by atoms with Gasteiger partial charge < -0.3 is 15.4 Å². The summed E-state index contributed by atoms with van der Waals surface area (Å²) in [5, 5.41) is 10.3. The van der Waals surface area contributed by atoms with Gasteiger partial charge in [-0.3, -0.25) is 9.59 Å². The van der Waals surface area contributed by atoms with Gasteiger partial charge >= 0.3 is 0 Å². The van der Waals surface area contributed by atoms with E-state index in [0.717, 1.165) is 12.0 Å². The van der Waals surface area contributed by atoms with Gasteiger partial charge in [-0.2, -0.15) is 5.10 Å². The number of para-hydroxylation sites is 1. The number of aromatic nitrogens is 3. The highest BCUT2D eigenvalue weighted by atomic mass is 16.5. The minimum absolute atomic E-state index is 0.0325. The van der Waals surface area contributed by atoms with Crippen molar-refractivity contribution in [1.29, 1.82) is 0 Å². The van der Waals surface area contributed by atoms with Gasteiger partial charge in [0, 0.05) is 24.2 Å². The second-order valence-corrected chi connectivity index (χ2v) is 8.28. The van der Waals surface area contributed by atoms with Gasteiger partial charge in [-0.15, -0.1) is 0 Å². The fraction of sp³-hybridized carbons (Fsp3) is 0.545. The average Bonchev–Trinajstić information content (AvgIpc) is 2.98. The lowest BCUT2D eigenvalue weighted by Gasteiger charge is -2.38. The van der Waals surface area contributed by atoms with E-state index >= 15 is 0 Å². The van der Waals surface area contributed by atoms with Crippen molar-refractivity contribution in [3.8, 4) is 0 Å². The summed E-state index contributed by atoms with van der Waals surface area (Å²) in [5.74, 6) is 1.45. The number of aryl methyl sites for hydroxylation is 2. The van der Waals surface area contributed by atoms with E-state index in [4.69, 9.17) is 4.74 Å². The summed E-state index contributed by atoms with van der Waals surface area (Å²) in [5.41, 5.74) is 1.63. The van der Waals surface area contributed by atoms with E-state index in [-0.39, 0.29) is 36.6 Å². The molecule has 0 radical (unpaired) electrons. The molecule has 0 aliphatic carbocycles. The molecule has 8 nitrogen and oxygen atoms in total. The molecule has 1 aromatic heterocycles. The van der Waals surface area contributed by atoms with Crippen LogP contribution in [0, 0.1) is 19.8 Å². The molecule has 1 aliphatic heterocycles. The Morgan fingerprint density at radius 1 is 1.23 bits per heavy atom. The third-order valence-corrected chi connectivity index (χ3v) is 5.34. The van der Waals surface area contributed by atoms with Crippen molar-refractivity contribution in [2.45, 2.75) is 72.3 Å². The zero-order valence-corrected chi connectivity index (χ0v) is 18.3. The summed E-state index contributed by atoms with van der Waals surface area (Å²) in [6.45, 7) is 9.49. The predicted octanol–water partition coefficient (Wildman–Crippen LogP) is 2.91. The molecule has 0 unspecified atom stereocenters. The fourth-order valence-corrected chi connectivity index (χ4v) is 3.92. The lowest BCUT2D eigenvalue weighted by Crippen LogP contribution is -2.43. The van der Waals surface area contributed by atoms with Crippen molar-refractivity contribution in [3.05, 3.63) is 41.5 Å². The van der Waals surface area contributed by atoms with E-state index in [9.17, 15) is 9.59 Å². The first-order chi connectivity index (χ1) is 14.2. The first-order valence-corrected chi connectivity index (χ1v) is 10.4. The molecular formula is C22H31N5O3. The molecule has 1 fully saturated rings. The topological polar surface area (TPSA) is 98.1 Å². The summed E-state index contributed by atoms with van der Waals surface area (Å²) in [4.78, 5) is 28.5. The van der Waals surface area contributed by atoms with Gasteiger partial charge in [0.1, 0.15) is 18.2 Å². The first kappa shape index (κ1) is 22.0. The SMILES string of the molecule is CC(=O)N[C@H]1C[C@@H](c2ccccc2NC(=O)Cn2nc(C)nc2C)O[C@@H](C(C)C)C1. The maximum absolute atomic E-state index is 12.7. The van der Waals surface area contributed by atoms with Crippen LogP contribution in [0.1, 0.15) is 56.9 Å². The van der Waals surface area contributed by atoms with Crippen LogP contribution in [0.4, 0.5) is 5.69 Å². The highest BCUT2D eigenvalue weighted by Gasteiger charge is 2.33. The van der Waals surface area contributed by atoms with Crippen LogP contribution in [0.3, 0.4) is 0 Å². The summed E-state index contributed by atoms with van der Waals surface area (Å²) >= 11 is 0. The Kier molecular flexibility index (Phi) is 6.87. The highest BCUT2D eigenvalue weighted by molar-refractivity contribution is 5.91. The molecule has 2 N–H and O–H groups in total. The largest absolute Gasteiger partial charge is 0.370 e. The summed E-state index contributed by atoms with van der Waals surface area (Å²) < 4.78 is 7.97. The van der Waals surface area contributed by atoms with Crippen molar-refractivity contribution in [2.24, 2.45) is 5.92 Å². The number of nitrogens with zero attached hydrogens (tertiary/aromatic N) is 3. The number of amides is 2. The Morgan fingerprint density at radius 3 is 2.60 bits per heavy atom. The van der Waals surface area contributed by atoms with E-state index < -0.39 is 0 Å². The molecule has 0 spiro atoms. The molecular weight excluding hydrogens is 382 g/mol. The lowest BCUT2D eigenvalue weighted by molar-refractivity contribution is -0.123. The third kappa shape index (κ3) is 5.44. The molecule has 1 saturated heterocycles. The van der Waals surface area contributed by atoms with Gasteiger partial charge in [0.15, 0.2) is 0 Å². The van der Waals surface area contributed by atoms with Crippen molar-refractivity contribution < 1.29 is 14.3 Å². The van der Waals surface area contributed by atoms with Gasteiger partial charge in [0.25, 0.3) is 0 Å². The van der Waals surface area contributed by atoms with Crippen LogP contribution >= 0.6 is 0 Å². The van der Waals surface area contributed by atoms with E-state index in [1.54, 1.807) is 11.6 Å². The highest BCUT2D eigenvalue weighted by Crippen LogP contribution is 2.37. The summed E-state index contributed by atoms with van der Waals surface area (Å²) in [7, 11) is 0. The number of nitrogens with one attached hydrogen (secondary N) is 2. The molecule has 2 heterocycles. The number of ether oxygens (including phenoxy) is 1. The number of benzene rings is 1. The Morgan fingerprint density at radius 2 is 1.97 bits per heavy atom. The van der Waals surface area contributed by atoms with Gasteiger partial charge in [0.2, 0.25) is 11.8 Å². The first-order valence-electron chi connectivity index (χ1n) is 10.4. The summed E-state index contributed by atoms with van der Waals surface area (Å²) in [6, 6.07) is 7.71. The van der Waals surface area contributed by atoms with E-state index in [1.807, 2.05) is 31.2 Å². The zero-order valence-electron chi connectivity index (χ0n) is 18.3. The maximum atomic E-state index is 12.7. The van der Waals surface area contributed by atoms with Crippen molar-refractivity contribution >= 4 is 17.5 Å². The van der Waals surface area contributed by atoms with E-state index in [1.165, 1.54) is 6.92 Å². The molecule has 2 amide bonds. The molecule has 162 valence electrons. The average molecular weight is 414 g/mol. The molecule has 8 heteroatoms. The Balaban J connectivity index is 1.78. The van der Waals surface area contributed by atoms with Crippen LogP contribution in [0.5, 0.6) is 0 Å². The van der Waals surface area contributed by atoms with Crippen LogP contribution in [0.2, 0.25) is 0 Å². The second-order valence-electron chi connectivity index (χ2n) is 8.28. The number of carbonyl (C=O) groups is 2. The monoisotopic (exact) mass is 413 g/mol. The molecule has 30 heavy (non-hydrogen) atoms. The molecule has 1 aromatic carbocycles. The minimum Gasteiger partial charge on any atom is -0.370 e. The standard InChI is InChI=1S/C22H31N5O3/c1-13(2)20-10-17(24-16(5)28)11-21(30-20)18-8-6-7-9-19(18)25-22(29)12-27-15(4)23-14(3)26-27/h6-9,13,17,20-21H,10-12H2,1-5H3,(H,24,28)(H,25,29)/t17-,20-,21+/m1/s1. The number of hydrogen-bond acceptors (Lipinski definition) is 5.